The third kappa shape index (κ3) is 7.43. The number of nitrogens with two attached hydrogens (primary N) is 1. The van der Waals surface area contributed by atoms with Crippen molar-refractivity contribution in [3.8, 4) is 0 Å². The molecule has 2 unspecified atom stereocenters. The van der Waals surface area contributed by atoms with E-state index in [-0.39, 0.29) is 17.7 Å². The maximum absolute atomic E-state index is 13.8. The van der Waals surface area contributed by atoms with Crippen molar-refractivity contribution in [3.63, 3.8) is 0 Å². The maximum Gasteiger partial charge on any atom is 0.315 e. The molecule has 3 fully saturated rings. The summed E-state index contributed by atoms with van der Waals surface area (Å²) < 4.78 is 0. The summed E-state index contributed by atoms with van der Waals surface area (Å²) in [5, 5.41) is 8.50. The van der Waals surface area contributed by atoms with E-state index in [2.05, 4.69) is 16.0 Å². The van der Waals surface area contributed by atoms with Crippen LogP contribution in [0.2, 0.25) is 0 Å². The topological polar surface area (TPSA) is 151 Å². The van der Waals surface area contributed by atoms with Crippen LogP contribution >= 0.6 is 0 Å². The Hall–Kier alpha value is -2.65. The van der Waals surface area contributed by atoms with E-state index < -0.39 is 47.3 Å². The maximum atomic E-state index is 13.8. The van der Waals surface area contributed by atoms with Gasteiger partial charge < -0.3 is 26.6 Å². The van der Waals surface area contributed by atoms with Crippen molar-refractivity contribution in [3.05, 3.63) is 0 Å². The summed E-state index contributed by atoms with van der Waals surface area (Å²) in [6, 6.07) is -2.85. The first-order chi connectivity index (χ1) is 17.0. The molecule has 1 heterocycles. The van der Waals surface area contributed by atoms with E-state index in [1.54, 1.807) is 4.90 Å². The molecule has 1 aliphatic heterocycles. The number of hydrogen-bond donors (Lipinski definition) is 4. The zero-order valence-electron chi connectivity index (χ0n) is 21.9. The molecule has 10 nitrogen and oxygen atoms in total. The van der Waals surface area contributed by atoms with E-state index in [1.165, 1.54) is 0 Å². The number of rotatable bonds is 9. The van der Waals surface area contributed by atoms with E-state index in [0.717, 1.165) is 51.4 Å². The second-order valence-electron chi connectivity index (χ2n) is 11.7. The average Bonchev–Trinajstić information content (AvgIpc) is 3.27. The van der Waals surface area contributed by atoms with Gasteiger partial charge in [-0.3, -0.25) is 19.2 Å². The van der Waals surface area contributed by atoms with E-state index in [1.807, 2.05) is 20.8 Å². The zero-order valence-corrected chi connectivity index (χ0v) is 21.9. The summed E-state index contributed by atoms with van der Waals surface area (Å²) >= 11 is 0. The Balaban J connectivity index is 1.73. The van der Waals surface area contributed by atoms with Crippen LogP contribution in [0.1, 0.15) is 91.4 Å². The number of nitrogens with zero attached hydrogens (tertiary/aromatic N) is 1. The molecule has 0 aromatic heterocycles. The summed E-state index contributed by atoms with van der Waals surface area (Å²) in [6.45, 7) is 6.02. The molecular formula is C26H43N5O5. The van der Waals surface area contributed by atoms with Gasteiger partial charge in [0.2, 0.25) is 17.6 Å². The molecule has 10 heteroatoms. The van der Waals surface area contributed by atoms with Crippen LogP contribution in [-0.4, -0.2) is 64.6 Å². The van der Waals surface area contributed by atoms with Gasteiger partial charge >= 0.3 is 6.03 Å². The number of ketones is 1. The van der Waals surface area contributed by atoms with Crippen molar-refractivity contribution in [2.24, 2.45) is 17.6 Å². The van der Waals surface area contributed by atoms with Crippen LogP contribution in [-0.2, 0) is 19.2 Å². The minimum atomic E-state index is -1.06. The second-order valence-corrected chi connectivity index (χ2v) is 11.7. The lowest BCUT2D eigenvalue weighted by Crippen LogP contribution is -2.60. The lowest BCUT2D eigenvalue weighted by Gasteiger charge is -2.35. The normalized spacial score (nSPS) is 22.8. The van der Waals surface area contributed by atoms with Gasteiger partial charge in [-0.15, -0.1) is 0 Å². The zero-order chi connectivity index (χ0) is 26.5. The third-order valence-corrected chi connectivity index (χ3v) is 7.67. The van der Waals surface area contributed by atoms with Crippen LogP contribution in [0, 0.1) is 11.8 Å². The highest BCUT2D eigenvalue weighted by molar-refractivity contribution is 6.37. The molecule has 0 aromatic rings. The Bertz CT molecular complexity index is 844. The fourth-order valence-corrected chi connectivity index (χ4v) is 5.58. The molecule has 2 aliphatic carbocycles. The number of likely N-dealkylation sites (tertiary alicyclic amines) is 1. The summed E-state index contributed by atoms with van der Waals surface area (Å²) in [5.41, 5.74) is 4.78. The standard InChI is InChI=1S/C26H43N5O5/c1-26(2,3)30-25(36)29-20(17-11-5-4-6-12-17)24(35)31-14-8-13-19(31)23(34)28-18(21(32)22(27)33)15-16-9-7-10-16/h16-20H,4-15H2,1-3H3,(H2,27,33)(H,28,34)(H2,29,30,36)/t18?,19-,20?/m0/s1. The summed E-state index contributed by atoms with van der Waals surface area (Å²) in [4.78, 5) is 65.3. The predicted octanol–water partition coefficient (Wildman–Crippen LogP) is 1.75. The molecule has 0 radical (unpaired) electrons. The number of amides is 5. The number of Topliss-reactive ketones (excluding diaryl/α,β-unsaturated/α-hetero) is 1. The van der Waals surface area contributed by atoms with E-state index in [0.29, 0.717) is 25.8 Å². The van der Waals surface area contributed by atoms with Gasteiger partial charge in [-0.1, -0.05) is 38.5 Å². The number of nitrogens with one attached hydrogen (secondary N) is 3. The highest BCUT2D eigenvalue weighted by atomic mass is 16.2. The first-order valence-corrected chi connectivity index (χ1v) is 13.5. The Morgan fingerprint density at radius 1 is 0.889 bits per heavy atom. The van der Waals surface area contributed by atoms with Gasteiger partial charge in [0, 0.05) is 12.1 Å². The van der Waals surface area contributed by atoms with Crippen LogP contribution in [0.25, 0.3) is 0 Å². The number of hydrogen-bond acceptors (Lipinski definition) is 5. The molecule has 2 saturated carbocycles. The van der Waals surface area contributed by atoms with Gasteiger partial charge in [0.05, 0.1) is 6.04 Å². The second kappa shape index (κ2) is 12.1. The minimum Gasteiger partial charge on any atom is -0.363 e. The van der Waals surface area contributed by atoms with Crippen LogP contribution in [0.3, 0.4) is 0 Å². The molecular weight excluding hydrogens is 462 g/mol. The van der Waals surface area contributed by atoms with Crippen LogP contribution in [0.15, 0.2) is 0 Å². The fourth-order valence-electron chi connectivity index (χ4n) is 5.58. The van der Waals surface area contributed by atoms with Gasteiger partial charge in [0.15, 0.2) is 0 Å². The molecule has 1 saturated heterocycles. The largest absolute Gasteiger partial charge is 0.363 e. The van der Waals surface area contributed by atoms with E-state index in [4.69, 9.17) is 5.73 Å². The number of urea groups is 1. The van der Waals surface area contributed by atoms with Crippen molar-refractivity contribution < 1.29 is 24.0 Å². The molecule has 5 amide bonds. The molecule has 0 bridgehead atoms. The number of primary amides is 1. The number of carbonyl (C=O) groups is 5. The monoisotopic (exact) mass is 505 g/mol. The van der Waals surface area contributed by atoms with Crippen LogP contribution in [0.5, 0.6) is 0 Å². The van der Waals surface area contributed by atoms with Crippen LogP contribution in [0.4, 0.5) is 4.79 Å². The first kappa shape index (κ1) is 27.9. The molecule has 0 spiro atoms. The van der Waals surface area contributed by atoms with Gasteiger partial charge in [-0.25, -0.2) is 4.79 Å². The molecule has 3 atom stereocenters. The minimum absolute atomic E-state index is 0.00378. The molecule has 3 aliphatic rings. The van der Waals surface area contributed by atoms with Crippen molar-refractivity contribution in [1.29, 1.82) is 0 Å². The molecule has 0 aromatic carbocycles. The van der Waals surface area contributed by atoms with Gasteiger partial charge in [-0.2, -0.15) is 0 Å². The quantitative estimate of drug-likeness (QED) is 0.352. The van der Waals surface area contributed by atoms with Crippen molar-refractivity contribution in [2.45, 2.75) is 115 Å². The highest BCUT2D eigenvalue weighted by Crippen LogP contribution is 2.31. The summed E-state index contributed by atoms with van der Waals surface area (Å²) in [5.74, 6) is -2.29. The van der Waals surface area contributed by atoms with E-state index >= 15 is 0 Å². The lowest BCUT2D eigenvalue weighted by atomic mass is 9.80. The van der Waals surface area contributed by atoms with Gasteiger partial charge in [0.25, 0.3) is 5.91 Å². The van der Waals surface area contributed by atoms with Crippen LogP contribution < -0.4 is 21.7 Å². The SMILES string of the molecule is CC(C)(C)NC(=O)NC(C(=O)N1CCC[C@H]1C(=O)NC(CC1CCC1)C(=O)C(N)=O)C1CCCCC1. The van der Waals surface area contributed by atoms with Gasteiger partial charge in [-0.05, 0) is 64.7 Å². The summed E-state index contributed by atoms with van der Waals surface area (Å²) in [6.07, 6.45) is 9.26. The summed E-state index contributed by atoms with van der Waals surface area (Å²) in [7, 11) is 0. The Kier molecular flexibility index (Phi) is 9.35. The molecule has 3 rings (SSSR count). The average molecular weight is 506 g/mol. The Morgan fingerprint density at radius 2 is 1.56 bits per heavy atom. The predicted molar refractivity (Wildman–Crippen MR) is 135 cm³/mol. The smallest absolute Gasteiger partial charge is 0.315 e. The third-order valence-electron chi connectivity index (χ3n) is 7.67. The number of carbonyl (C=O) groups excluding carboxylic acids is 5. The first-order valence-electron chi connectivity index (χ1n) is 13.5. The molecule has 36 heavy (non-hydrogen) atoms. The van der Waals surface area contributed by atoms with Crippen molar-refractivity contribution >= 4 is 29.5 Å². The molecule has 5 N–H and O–H groups in total. The Morgan fingerprint density at radius 3 is 2.11 bits per heavy atom. The Labute approximate surface area is 213 Å². The molecule has 202 valence electrons. The van der Waals surface area contributed by atoms with Crippen molar-refractivity contribution in [2.75, 3.05) is 6.54 Å². The fraction of sp³-hybridized carbons (Fsp3) is 0.808. The van der Waals surface area contributed by atoms with Gasteiger partial charge in [0.1, 0.15) is 12.1 Å². The highest BCUT2D eigenvalue weighted by Gasteiger charge is 2.42. The van der Waals surface area contributed by atoms with Crippen molar-refractivity contribution in [1.82, 2.24) is 20.9 Å². The lowest BCUT2D eigenvalue weighted by molar-refractivity contribution is -0.143. The van der Waals surface area contributed by atoms with E-state index in [9.17, 15) is 24.0 Å².